The molecular formula is C27H30ClN5O3. The molecule has 2 saturated heterocycles. The number of piperidine rings is 1. The molecule has 2 aliphatic rings. The van der Waals surface area contributed by atoms with Crippen LogP contribution in [0, 0.1) is 5.92 Å². The molecule has 188 valence electrons. The van der Waals surface area contributed by atoms with Crippen LogP contribution in [0.5, 0.6) is 0 Å². The molecule has 0 spiro atoms. The Labute approximate surface area is 215 Å². The molecular weight excluding hydrogens is 478 g/mol. The summed E-state index contributed by atoms with van der Waals surface area (Å²) < 4.78 is 5.43. The highest BCUT2D eigenvalue weighted by Gasteiger charge is 2.26. The van der Waals surface area contributed by atoms with Crippen LogP contribution in [0.4, 0.5) is 0 Å². The Morgan fingerprint density at radius 3 is 2.56 bits per heavy atom. The molecule has 2 amide bonds. The van der Waals surface area contributed by atoms with E-state index in [1.807, 2.05) is 53.4 Å². The zero-order valence-electron chi connectivity index (χ0n) is 20.2. The van der Waals surface area contributed by atoms with Gasteiger partial charge in [-0.2, -0.15) is 4.98 Å². The summed E-state index contributed by atoms with van der Waals surface area (Å²) in [7, 11) is 0. The maximum Gasteiger partial charge on any atom is 0.241 e. The first-order chi connectivity index (χ1) is 17.5. The third kappa shape index (κ3) is 6.12. The average molecular weight is 508 g/mol. The summed E-state index contributed by atoms with van der Waals surface area (Å²) in [6.45, 7) is 4.19. The second-order valence-electron chi connectivity index (χ2n) is 9.53. The molecule has 0 saturated carbocycles. The number of nitrogens with zero attached hydrogens (tertiary/aromatic N) is 4. The lowest BCUT2D eigenvalue weighted by Crippen LogP contribution is -2.40. The molecule has 5 rings (SSSR count). The SMILES string of the molecule is O=C(NCc1ccc(CN2CCCC2=O)cc1)C1CCN(Cc2nc(-c3cccc(Cl)c3)no2)CC1. The summed E-state index contributed by atoms with van der Waals surface area (Å²) in [6.07, 6.45) is 3.20. The highest BCUT2D eigenvalue weighted by Crippen LogP contribution is 2.22. The lowest BCUT2D eigenvalue weighted by atomic mass is 9.96. The van der Waals surface area contributed by atoms with Crippen molar-refractivity contribution < 1.29 is 14.1 Å². The first-order valence-electron chi connectivity index (χ1n) is 12.5. The molecule has 9 heteroatoms. The van der Waals surface area contributed by atoms with E-state index in [0.29, 0.717) is 42.8 Å². The van der Waals surface area contributed by atoms with E-state index in [1.54, 1.807) is 0 Å². The Kier molecular flexibility index (Phi) is 7.63. The number of carbonyl (C=O) groups excluding carboxylic acids is 2. The van der Waals surface area contributed by atoms with E-state index in [-0.39, 0.29) is 17.7 Å². The molecule has 1 aromatic heterocycles. The molecule has 2 aromatic carbocycles. The van der Waals surface area contributed by atoms with E-state index in [9.17, 15) is 9.59 Å². The standard InChI is InChI=1S/C27H30ClN5O3/c28-23-4-1-3-22(15-23)26-30-24(36-31-26)18-32-13-10-21(11-14-32)27(35)29-16-19-6-8-20(9-7-19)17-33-12-2-5-25(33)34/h1,3-4,6-9,15,21H,2,5,10-14,16-18H2,(H,29,35). The van der Waals surface area contributed by atoms with Crippen molar-refractivity contribution >= 4 is 23.4 Å². The number of benzene rings is 2. The number of amides is 2. The zero-order valence-corrected chi connectivity index (χ0v) is 20.9. The van der Waals surface area contributed by atoms with E-state index in [4.69, 9.17) is 16.1 Å². The van der Waals surface area contributed by atoms with Gasteiger partial charge in [0, 0.05) is 42.6 Å². The maximum absolute atomic E-state index is 12.7. The van der Waals surface area contributed by atoms with Crippen molar-refractivity contribution in [2.75, 3.05) is 19.6 Å². The first kappa shape index (κ1) is 24.5. The second kappa shape index (κ2) is 11.2. The molecule has 3 heterocycles. The summed E-state index contributed by atoms with van der Waals surface area (Å²) in [5, 5.41) is 7.79. The monoisotopic (exact) mass is 507 g/mol. The first-order valence-corrected chi connectivity index (χ1v) is 12.9. The van der Waals surface area contributed by atoms with Gasteiger partial charge in [-0.15, -0.1) is 0 Å². The molecule has 2 fully saturated rings. The molecule has 0 atom stereocenters. The van der Waals surface area contributed by atoms with Crippen LogP contribution in [-0.2, 0) is 29.2 Å². The fourth-order valence-corrected chi connectivity index (χ4v) is 4.99. The molecule has 3 aromatic rings. The lowest BCUT2D eigenvalue weighted by Gasteiger charge is -2.30. The third-order valence-electron chi connectivity index (χ3n) is 6.90. The van der Waals surface area contributed by atoms with Gasteiger partial charge in [0.2, 0.25) is 23.5 Å². The largest absolute Gasteiger partial charge is 0.352 e. The third-order valence-corrected chi connectivity index (χ3v) is 7.14. The van der Waals surface area contributed by atoms with Crippen molar-refractivity contribution in [2.24, 2.45) is 5.92 Å². The van der Waals surface area contributed by atoms with Crippen molar-refractivity contribution in [1.29, 1.82) is 0 Å². The summed E-state index contributed by atoms with van der Waals surface area (Å²) in [4.78, 5) is 33.2. The number of aromatic nitrogens is 2. The van der Waals surface area contributed by atoms with Gasteiger partial charge in [-0.1, -0.05) is 53.2 Å². The molecule has 0 aliphatic carbocycles. The molecule has 36 heavy (non-hydrogen) atoms. The van der Waals surface area contributed by atoms with E-state index >= 15 is 0 Å². The van der Waals surface area contributed by atoms with Crippen molar-refractivity contribution in [3.63, 3.8) is 0 Å². The Morgan fingerprint density at radius 2 is 1.83 bits per heavy atom. The number of halogens is 1. The normalized spacial score (nSPS) is 17.0. The van der Waals surface area contributed by atoms with Gasteiger partial charge in [-0.05, 0) is 55.6 Å². The van der Waals surface area contributed by atoms with E-state index in [1.165, 1.54) is 0 Å². The minimum absolute atomic E-state index is 0.00593. The number of nitrogens with one attached hydrogen (secondary N) is 1. The minimum atomic E-state index is 0.00593. The summed E-state index contributed by atoms with van der Waals surface area (Å²) in [5.41, 5.74) is 3.00. The number of hydrogen-bond donors (Lipinski definition) is 1. The van der Waals surface area contributed by atoms with Gasteiger partial charge >= 0.3 is 0 Å². The quantitative estimate of drug-likeness (QED) is 0.494. The van der Waals surface area contributed by atoms with E-state index in [0.717, 1.165) is 55.6 Å². The Morgan fingerprint density at radius 1 is 1.06 bits per heavy atom. The topological polar surface area (TPSA) is 91.6 Å². The lowest BCUT2D eigenvalue weighted by molar-refractivity contribution is -0.128. The van der Waals surface area contributed by atoms with Crippen LogP contribution in [0.25, 0.3) is 11.4 Å². The molecule has 0 radical (unpaired) electrons. The highest BCUT2D eigenvalue weighted by molar-refractivity contribution is 6.30. The number of carbonyl (C=O) groups is 2. The number of likely N-dealkylation sites (tertiary alicyclic amines) is 2. The molecule has 1 N–H and O–H groups in total. The van der Waals surface area contributed by atoms with Crippen LogP contribution in [0.3, 0.4) is 0 Å². The number of rotatable bonds is 8. The predicted octanol–water partition coefficient (Wildman–Crippen LogP) is 4.04. The molecule has 2 aliphatic heterocycles. The summed E-state index contributed by atoms with van der Waals surface area (Å²) in [5.74, 6) is 1.43. The fourth-order valence-electron chi connectivity index (χ4n) is 4.80. The van der Waals surface area contributed by atoms with Gasteiger partial charge in [-0.25, -0.2) is 0 Å². The summed E-state index contributed by atoms with van der Waals surface area (Å²) in [6, 6.07) is 15.5. The minimum Gasteiger partial charge on any atom is -0.352 e. The van der Waals surface area contributed by atoms with Gasteiger partial charge < -0.3 is 14.7 Å². The van der Waals surface area contributed by atoms with Gasteiger partial charge in [-0.3, -0.25) is 14.5 Å². The predicted molar refractivity (Wildman–Crippen MR) is 136 cm³/mol. The van der Waals surface area contributed by atoms with Gasteiger partial charge in [0.1, 0.15) is 0 Å². The summed E-state index contributed by atoms with van der Waals surface area (Å²) >= 11 is 6.05. The van der Waals surface area contributed by atoms with Crippen molar-refractivity contribution in [3.8, 4) is 11.4 Å². The fraction of sp³-hybridized carbons (Fsp3) is 0.407. The maximum atomic E-state index is 12.7. The number of hydrogen-bond acceptors (Lipinski definition) is 6. The highest BCUT2D eigenvalue weighted by atomic mass is 35.5. The second-order valence-corrected chi connectivity index (χ2v) is 9.96. The van der Waals surface area contributed by atoms with E-state index < -0.39 is 0 Å². The van der Waals surface area contributed by atoms with Crippen LogP contribution >= 0.6 is 11.6 Å². The van der Waals surface area contributed by atoms with Gasteiger partial charge in [0.25, 0.3) is 0 Å². The van der Waals surface area contributed by atoms with Crippen LogP contribution < -0.4 is 5.32 Å². The van der Waals surface area contributed by atoms with Crippen LogP contribution in [0.15, 0.2) is 53.1 Å². The Hall–Kier alpha value is -3.23. The van der Waals surface area contributed by atoms with E-state index in [2.05, 4.69) is 20.4 Å². The van der Waals surface area contributed by atoms with Crippen molar-refractivity contribution in [1.82, 2.24) is 25.3 Å². The molecule has 8 nitrogen and oxygen atoms in total. The Bertz CT molecular complexity index is 1200. The van der Waals surface area contributed by atoms with Gasteiger partial charge in [0.15, 0.2) is 0 Å². The van der Waals surface area contributed by atoms with Crippen molar-refractivity contribution in [2.45, 2.75) is 45.3 Å². The van der Waals surface area contributed by atoms with Crippen molar-refractivity contribution in [3.05, 3.63) is 70.6 Å². The smallest absolute Gasteiger partial charge is 0.241 e. The average Bonchev–Trinajstić information content (AvgIpc) is 3.53. The van der Waals surface area contributed by atoms with Gasteiger partial charge in [0.05, 0.1) is 6.54 Å². The van der Waals surface area contributed by atoms with Crippen LogP contribution in [0.2, 0.25) is 5.02 Å². The zero-order chi connectivity index (χ0) is 24.9. The molecule has 0 unspecified atom stereocenters. The Balaban J connectivity index is 1.05. The van der Waals surface area contributed by atoms with Crippen LogP contribution in [-0.4, -0.2) is 51.4 Å². The molecule has 0 bridgehead atoms. The van der Waals surface area contributed by atoms with Crippen LogP contribution in [0.1, 0.15) is 42.7 Å².